The maximum atomic E-state index is 6.05. The zero-order chi connectivity index (χ0) is 14.3. The van der Waals surface area contributed by atoms with Gasteiger partial charge in [0.2, 0.25) is 0 Å². The van der Waals surface area contributed by atoms with Gasteiger partial charge >= 0.3 is 0 Å². The Labute approximate surface area is 124 Å². The van der Waals surface area contributed by atoms with Gasteiger partial charge in [0.05, 0.1) is 18.0 Å². The number of nitrogens with zero attached hydrogens (tertiary/aromatic N) is 3. The van der Waals surface area contributed by atoms with Gasteiger partial charge in [-0.1, -0.05) is 23.2 Å². The highest BCUT2D eigenvalue weighted by Crippen LogP contribution is 2.31. The third kappa shape index (κ3) is 2.05. The molecule has 3 rings (SSSR count). The summed E-state index contributed by atoms with van der Waals surface area (Å²) in [5.74, 6) is 0.998. The molecule has 2 heterocycles. The second kappa shape index (κ2) is 4.85. The summed E-state index contributed by atoms with van der Waals surface area (Å²) in [7, 11) is 1.58. The van der Waals surface area contributed by atoms with Gasteiger partial charge < -0.3 is 10.5 Å². The van der Waals surface area contributed by atoms with Gasteiger partial charge in [0.15, 0.2) is 5.82 Å². The molecule has 3 aromatic rings. The second-order valence-electron chi connectivity index (χ2n) is 4.14. The van der Waals surface area contributed by atoms with Gasteiger partial charge in [-0.05, 0) is 18.2 Å². The van der Waals surface area contributed by atoms with Crippen molar-refractivity contribution in [2.24, 2.45) is 0 Å². The smallest absolute Gasteiger partial charge is 0.155 e. The zero-order valence-corrected chi connectivity index (χ0v) is 12.0. The molecule has 2 aromatic heterocycles. The fourth-order valence-corrected chi connectivity index (χ4v) is 2.34. The minimum atomic E-state index is 0.361. The van der Waals surface area contributed by atoms with E-state index in [1.54, 1.807) is 42.3 Å². The Bertz CT molecular complexity index is 800. The molecular formula is C13H10Cl2N4O. The van der Waals surface area contributed by atoms with E-state index < -0.39 is 0 Å². The van der Waals surface area contributed by atoms with Crippen molar-refractivity contribution >= 4 is 39.9 Å². The average molecular weight is 309 g/mol. The van der Waals surface area contributed by atoms with Crippen LogP contribution in [0.2, 0.25) is 10.2 Å². The van der Waals surface area contributed by atoms with E-state index in [0.29, 0.717) is 27.4 Å². The predicted molar refractivity (Wildman–Crippen MR) is 79.8 cm³/mol. The number of pyridine rings is 1. The highest BCUT2D eigenvalue weighted by Gasteiger charge is 2.14. The van der Waals surface area contributed by atoms with Crippen LogP contribution in [0.25, 0.3) is 16.6 Å². The number of benzene rings is 1. The van der Waals surface area contributed by atoms with E-state index in [0.717, 1.165) is 10.9 Å². The molecule has 0 radical (unpaired) electrons. The lowest BCUT2D eigenvalue weighted by Crippen LogP contribution is -2.00. The highest BCUT2D eigenvalue weighted by molar-refractivity contribution is 6.31. The molecule has 0 aliphatic rings. The lowest BCUT2D eigenvalue weighted by Gasteiger charge is -2.09. The van der Waals surface area contributed by atoms with Crippen LogP contribution in [0.15, 0.2) is 30.5 Å². The number of halogens is 2. The molecule has 0 saturated heterocycles. The Morgan fingerprint density at radius 2 is 2.05 bits per heavy atom. The molecule has 5 nitrogen and oxygen atoms in total. The first kappa shape index (κ1) is 13.0. The van der Waals surface area contributed by atoms with Crippen molar-refractivity contribution in [2.45, 2.75) is 0 Å². The monoisotopic (exact) mass is 308 g/mol. The number of aromatic nitrogens is 3. The van der Waals surface area contributed by atoms with Gasteiger partial charge in [-0.25, -0.2) is 9.67 Å². The molecule has 0 fully saturated rings. The van der Waals surface area contributed by atoms with Gasteiger partial charge in [-0.2, -0.15) is 0 Å². The van der Waals surface area contributed by atoms with Crippen molar-refractivity contribution in [3.8, 4) is 11.4 Å². The Morgan fingerprint density at radius 1 is 1.25 bits per heavy atom. The van der Waals surface area contributed by atoms with Gasteiger partial charge in [-0.3, -0.25) is 0 Å². The van der Waals surface area contributed by atoms with E-state index in [-0.39, 0.29) is 0 Å². The molecule has 0 unspecified atom stereocenters. The largest absolute Gasteiger partial charge is 0.494 e. The van der Waals surface area contributed by atoms with E-state index in [9.17, 15) is 0 Å². The summed E-state index contributed by atoms with van der Waals surface area (Å²) < 4.78 is 6.98. The molecular weight excluding hydrogens is 299 g/mol. The van der Waals surface area contributed by atoms with Crippen LogP contribution in [0.1, 0.15) is 0 Å². The number of methoxy groups -OCH3 is 1. The Kier molecular flexibility index (Phi) is 3.16. The van der Waals surface area contributed by atoms with Crippen LogP contribution in [0.3, 0.4) is 0 Å². The fourth-order valence-electron chi connectivity index (χ4n) is 2.02. The quantitative estimate of drug-likeness (QED) is 0.738. The molecule has 0 atom stereocenters. The second-order valence-corrected chi connectivity index (χ2v) is 4.96. The first-order valence-electron chi connectivity index (χ1n) is 5.74. The van der Waals surface area contributed by atoms with Crippen molar-refractivity contribution in [1.82, 2.24) is 14.8 Å². The maximum Gasteiger partial charge on any atom is 0.155 e. The first-order chi connectivity index (χ1) is 9.60. The van der Waals surface area contributed by atoms with Crippen LogP contribution in [-0.2, 0) is 0 Å². The summed E-state index contributed by atoms with van der Waals surface area (Å²) in [5, 5.41) is 5.96. The summed E-state index contributed by atoms with van der Waals surface area (Å²) in [6, 6.07) is 6.96. The maximum absolute atomic E-state index is 6.05. The van der Waals surface area contributed by atoms with Crippen molar-refractivity contribution in [2.75, 3.05) is 12.8 Å². The Balaban J connectivity index is 2.35. The highest BCUT2D eigenvalue weighted by atomic mass is 35.5. The SMILES string of the molecule is COc1ccc(Cl)cc1-n1nc(N)c2cnc(Cl)cc21. The van der Waals surface area contributed by atoms with Crippen molar-refractivity contribution in [3.05, 3.63) is 40.6 Å². The average Bonchev–Trinajstić information content (AvgIpc) is 2.75. The normalized spacial score (nSPS) is 10.9. The third-order valence-corrected chi connectivity index (χ3v) is 3.37. The molecule has 0 aliphatic heterocycles. The van der Waals surface area contributed by atoms with Gasteiger partial charge in [0.1, 0.15) is 16.6 Å². The topological polar surface area (TPSA) is 66.0 Å². The molecule has 20 heavy (non-hydrogen) atoms. The fraction of sp³-hybridized carbons (Fsp3) is 0.0769. The molecule has 0 saturated carbocycles. The van der Waals surface area contributed by atoms with E-state index in [2.05, 4.69) is 10.1 Å². The Morgan fingerprint density at radius 3 is 2.80 bits per heavy atom. The number of rotatable bonds is 2. The van der Waals surface area contributed by atoms with Gasteiger partial charge in [-0.15, -0.1) is 5.10 Å². The van der Waals surface area contributed by atoms with Gasteiger partial charge in [0.25, 0.3) is 0 Å². The molecule has 0 amide bonds. The summed E-state index contributed by atoms with van der Waals surface area (Å²) in [4.78, 5) is 4.01. The number of anilines is 1. The van der Waals surface area contributed by atoms with Gasteiger partial charge in [0, 0.05) is 17.3 Å². The third-order valence-electron chi connectivity index (χ3n) is 2.93. The predicted octanol–water partition coefficient (Wildman–Crippen LogP) is 3.32. The number of fused-ring (bicyclic) bond motifs is 1. The molecule has 0 bridgehead atoms. The molecule has 1 aromatic carbocycles. The minimum absolute atomic E-state index is 0.361. The number of hydrogen-bond donors (Lipinski definition) is 1. The number of nitrogen functional groups attached to an aromatic ring is 1. The minimum Gasteiger partial charge on any atom is -0.494 e. The summed E-state index contributed by atoms with van der Waals surface area (Å²) >= 11 is 12.0. The molecule has 102 valence electrons. The Hall–Kier alpha value is -1.98. The van der Waals surface area contributed by atoms with Crippen molar-refractivity contribution < 1.29 is 4.74 Å². The molecule has 0 spiro atoms. The van der Waals surface area contributed by atoms with Crippen LogP contribution in [-0.4, -0.2) is 21.9 Å². The van der Waals surface area contributed by atoms with Crippen molar-refractivity contribution in [3.63, 3.8) is 0 Å². The van der Waals surface area contributed by atoms with E-state index in [4.69, 9.17) is 33.7 Å². The lowest BCUT2D eigenvalue weighted by molar-refractivity contribution is 0.412. The number of hydrogen-bond acceptors (Lipinski definition) is 4. The summed E-state index contributed by atoms with van der Waals surface area (Å²) in [5.41, 5.74) is 7.33. The van der Waals surface area contributed by atoms with Crippen LogP contribution in [0.4, 0.5) is 5.82 Å². The van der Waals surface area contributed by atoms with Crippen LogP contribution < -0.4 is 10.5 Å². The van der Waals surface area contributed by atoms with Crippen LogP contribution in [0.5, 0.6) is 5.75 Å². The lowest BCUT2D eigenvalue weighted by atomic mass is 10.2. The van der Waals surface area contributed by atoms with Crippen molar-refractivity contribution in [1.29, 1.82) is 0 Å². The zero-order valence-electron chi connectivity index (χ0n) is 10.5. The van der Waals surface area contributed by atoms with E-state index >= 15 is 0 Å². The first-order valence-corrected chi connectivity index (χ1v) is 6.49. The summed E-state index contributed by atoms with van der Waals surface area (Å²) in [6.45, 7) is 0. The standard InChI is InChI=1S/C13H10Cl2N4O/c1-20-11-3-2-7(14)4-10(11)19-9-5-12(15)17-6-8(9)13(16)18-19/h2-6H,1H3,(H2,16,18). The number of nitrogens with two attached hydrogens (primary N) is 1. The van der Waals surface area contributed by atoms with E-state index in [1.807, 2.05) is 0 Å². The molecule has 2 N–H and O–H groups in total. The summed E-state index contributed by atoms with van der Waals surface area (Å²) in [6.07, 6.45) is 1.59. The van der Waals surface area contributed by atoms with E-state index in [1.165, 1.54) is 0 Å². The molecule has 0 aliphatic carbocycles. The van der Waals surface area contributed by atoms with Crippen LogP contribution >= 0.6 is 23.2 Å². The van der Waals surface area contributed by atoms with Crippen LogP contribution in [0, 0.1) is 0 Å². The molecule has 7 heteroatoms. The number of ether oxygens (including phenoxy) is 1.